The van der Waals surface area contributed by atoms with E-state index in [1.165, 1.54) is 18.1 Å². The Kier molecular flexibility index (Phi) is 4.60. The van der Waals surface area contributed by atoms with Gasteiger partial charge in [0, 0.05) is 23.7 Å². The molecule has 2 aliphatic heterocycles. The zero-order valence-electron chi connectivity index (χ0n) is 20.9. The summed E-state index contributed by atoms with van der Waals surface area (Å²) in [5.74, 6) is 0.295. The highest BCUT2D eigenvalue weighted by atomic mass is 16.6. The van der Waals surface area contributed by atoms with E-state index in [1.807, 2.05) is 6.26 Å². The number of carbonyl (C=O) groups excluding carboxylic acids is 2. The van der Waals surface area contributed by atoms with Crippen molar-refractivity contribution in [2.75, 3.05) is 6.61 Å². The first-order valence-corrected chi connectivity index (χ1v) is 12.8. The highest BCUT2D eigenvalue weighted by molar-refractivity contribution is 5.71. The van der Waals surface area contributed by atoms with Crippen LogP contribution in [0.25, 0.3) is 0 Å². The van der Waals surface area contributed by atoms with Crippen LogP contribution in [0.3, 0.4) is 0 Å². The second-order valence-corrected chi connectivity index (χ2v) is 12.3. The Bertz CT molecular complexity index is 1050. The van der Waals surface area contributed by atoms with Gasteiger partial charge in [0.2, 0.25) is 0 Å². The Labute approximate surface area is 201 Å². The summed E-state index contributed by atoms with van der Waals surface area (Å²) in [6, 6.07) is 2.09. The molecule has 0 N–H and O–H groups in total. The zero-order chi connectivity index (χ0) is 24.1. The fourth-order valence-electron chi connectivity index (χ4n) is 9.37. The Morgan fingerprint density at radius 2 is 1.97 bits per heavy atom. The van der Waals surface area contributed by atoms with E-state index in [-0.39, 0.29) is 52.2 Å². The van der Waals surface area contributed by atoms with Crippen LogP contribution in [0.1, 0.15) is 78.2 Å². The lowest BCUT2D eigenvalue weighted by atomic mass is 9.39. The third kappa shape index (κ3) is 2.66. The fraction of sp³-hybridized carbons (Fsp3) is 0.714. The molecular weight excluding hydrogens is 432 g/mol. The lowest BCUT2D eigenvalue weighted by Gasteiger charge is -2.65. The predicted octanol–water partition coefficient (Wildman–Crippen LogP) is 5.18. The summed E-state index contributed by atoms with van der Waals surface area (Å²) in [5, 5.41) is 0. The van der Waals surface area contributed by atoms with Gasteiger partial charge in [0.1, 0.15) is 12.7 Å². The highest BCUT2D eigenvalue weighted by Gasteiger charge is 2.75. The van der Waals surface area contributed by atoms with Crippen LogP contribution in [0, 0.1) is 28.1 Å². The molecule has 2 saturated heterocycles. The summed E-state index contributed by atoms with van der Waals surface area (Å²) >= 11 is 0. The molecule has 0 amide bonds. The van der Waals surface area contributed by atoms with Crippen LogP contribution < -0.4 is 0 Å². The summed E-state index contributed by atoms with van der Waals surface area (Å²) in [7, 11) is 0. The average molecular weight is 469 g/mol. The molecule has 2 saturated carbocycles. The smallest absolute Gasteiger partial charge is 0.308 e. The van der Waals surface area contributed by atoms with Crippen LogP contribution in [-0.2, 0) is 23.8 Å². The molecule has 0 aromatic carbocycles. The standard InChI is InChI=1S/C28H36O6/c1-16(29)33-22-12-21-25(2,3)34-23-13-24(30)32-15-28(21,23)20-8-10-26(4)18(17-9-11-31-14-17)6-7-19(26)27(20,22)5/h7,9,11,14,18,20-23H,6,8,10,12-13,15H2,1-5H3/t18-,20?,21?,22+,23?,26-,27-,28?/m1/s1. The predicted molar refractivity (Wildman–Crippen MR) is 124 cm³/mol. The number of carbonyl (C=O) groups is 2. The van der Waals surface area contributed by atoms with Crippen LogP contribution in [0.2, 0.25) is 0 Å². The van der Waals surface area contributed by atoms with Crippen molar-refractivity contribution in [2.45, 2.75) is 90.4 Å². The normalized spacial score (nSPS) is 46.4. The van der Waals surface area contributed by atoms with Gasteiger partial charge in [-0.3, -0.25) is 9.59 Å². The molecule has 4 fully saturated rings. The van der Waals surface area contributed by atoms with E-state index in [0.29, 0.717) is 18.9 Å². The van der Waals surface area contributed by atoms with E-state index in [1.54, 1.807) is 6.26 Å². The number of fused-ring (bicyclic) bond motifs is 3. The third-order valence-electron chi connectivity index (χ3n) is 10.6. The summed E-state index contributed by atoms with van der Waals surface area (Å²) in [4.78, 5) is 24.7. The van der Waals surface area contributed by atoms with Gasteiger partial charge in [0.15, 0.2) is 0 Å². The Balaban J connectivity index is 1.49. The number of cyclic esters (lactones) is 1. The molecular formula is C28H36O6. The fourth-order valence-corrected chi connectivity index (χ4v) is 9.37. The van der Waals surface area contributed by atoms with Crippen molar-refractivity contribution in [1.82, 2.24) is 0 Å². The minimum atomic E-state index is -0.414. The van der Waals surface area contributed by atoms with E-state index in [9.17, 15) is 9.59 Å². The molecule has 0 radical (unpaired) electrons. The summed E-state index contributed by atoms with van der Waals surface area (Å²) in [6.45, 7) is 10.9. The van der Waals surface area contributed by atoms with Gasteiger partial charge in [0.25, 0.3) is 0 Å². The van der Waals surface area contributed by atoms with E-state index >= 15 is 0 Å². The molecule has 1 spiro atoms. The van der Waals surface area contributed by atoms with Crippen LogP contribution >= 0.6 is 0 Å². The number of rotatable bonds is 2. The maximum Gasteiger partial charge on any atom is 0.308 e. The lowest BCUT2D eigenvalue weighted by molar-refractivity contribution is -0.209. The molecule has 5 aliphatic rings. The van der Waals surface area contributed by atoms with Crippen molar-refractivity contribution in [3.05, 3.63) is 35.8 Å². The van der Waals surface area contributed by atoms with Gasteiger partial charge in [-0.05, 0) is 68.4 Å². The van der Waals surface area contributed by atoms with Gasteiger partial charge in [-0.25, -0.2) is 0 Å². The van der Waals surface area contributed by atoms with E-state index in [4.69, 9.17) is 18.6 Å². The van der Waals surface area contributed by atoms with Crippen molar-refractivity contribution in [3.8, 4) is 0 Å². The Morgan fingerprint density at radius 3 is 2.68 bits per heavy atom. The molecule has 8 atom stereocenters. The van der Waals surface area contributed by atoms with Crippen LogP contribution in [0.15, 0.2) is 34.7 Å². The summed E-state index contributed by atoms with van der Waals surface area (Å²) in [6.07, 6.45) is 9.66. The van der Waals surface area contributed by atoms with E-state index in [0.717, 1.165) is 25.7 Å². The number of ether oxygens (including phenoxy) is 3. The first kappa shape index (κ1) is 22.4. The number of hydrogen-bond acceptors (Lipinski definition) is 6. The van der Waals surface area contributed by atoms with Crippen molar-refractivity contribution < 1.29 is 28.2 Å². The zero-order valence-corrected chi connectivity index (χ0v) is 20.9. The van der Waals surface area contributed by atoms with Crippen LogP contribution in [0.4, 0.5) is 0 Å². The minimum absolute atomic E-state index is 0.0349. The number of hydrogen-bond donors (Lipinski definition) is 0. The number of esters is 2. The summed E-state index contributed by atoms with van der Waals surface area (Å²) < 4.78 is 24.1. The first-order valence-electron chi connectivity index (χ1n) is 12.8. The topological polar surface area (TPSA) is 75.0 Å². The molecule has 184 valence electrons. The molecule has 1 aromatic heterocycles. The highest BCUT2D eigenvalue weighted by Crippen LogP contribution is 2.74. The molecule has 6 heteroatoms. The second-order valence-electron chi connectivity index (χ2n) is 12.3. The molecule has 1 aromatic rings. The average Bonchev–Trinajstić information content (AvgIpc) is 3.43. The van der Waals surface area contributed by atoms with Crippen molar-refractivity contribution in [3.63, 3.8) is 0 Å². The monoisotopic (exact) mass is 468 g/mol. The van der Waals surface area contributed by atoms with Gasteiger partial charge in [0.05, 0.1) is 30.7 Å². The molecule has 0 bridgehead atoms. The van der Waals surface area contributed by atoms with Gasteiger partial charge in [-0.2, -0.15) is 0 Å². The van der Waals surface area contributed by atoms with Crippen molar-refractivity contribution >= 4 is 11.9 Å². The maximum atomic E-state index is 12.4. The van der Waals surface area contributed by atoms with Gasteiger partial charge in [-0.15, -0.1) is 0 Å². The lowest BCUT2D eigenvalue weighted by Crippen LogP contribution is -2.66. The minimum Gasteiger partial charge on any atom is -0.472 e. The van der Waals surface area contributed by atoms with Crippen molar-refractivity contribution in [1.29, 1.82) is 0 Å². The maximum absolute atomic E-state index is 12.4. The molecule has 34 heavy (non-hydrogen) atoms. The van der Waals surface area contributed by atoms with E-state index < -0.39 is 5.60 Å². The SMILES string of the molecule is CC(=O)O[C@H]1CC2C(C)(C)OC3CC(=O)OCC32C2CC[C@@]3(C)C(=CC[C@@H]3c3ccoc3)[C@]21C. The van der Waals surface area contributed by atoms with Crippen LogP contribution in [0.5, 0.6) is 0 Å². The largest absolute Gasteiger partial charge is 0.472 e. The Hall–Kier alpha value is -2.08. The quantitative estimate of drug-likeness (QED) is 0.440. The van der Waals surface area contributed by atoms with Crippen molar-refractivity contribution in [2.24, 2.45) is 28.1 Å². The molecule has 3 heterocycles. The van der Waals surface area contributed by atoms with Gasteiger partial charge < -0.3 is 18.6 Å². The second kappa shape index (κ2) is 6.99. The summed E-state index contributed by atoms with van der Waals surface area (Å²) in [5.41, 5.74) is 1.58. The van der Waals surface area contributed by atoms with Crippen LogP contribution in [-0.4, -0.2) is 36.4 Å². The molecule has 4 unspecified atom stereocenters. The molecule has 3 aliphatic carbocycles. The number of furan rings is 1. The first-order chi connectivity index (χ1) is 16.0. The number of allylic oxidation sites excluding steroid dienone is 1. The van der Waals surface area contributed by atoms with E-state index in [2.05, 4.69) is 39.8 Å². The van der Waals surface area contributed by atoms with Gasteiger partial charge in [-0.1, -0.05) is 25.5 Å². The third-order valence-corrected chi connectivity index (χ3v) is 10.6. The molecule has 6 rings (SSSR count). The Morgan fingerprint density at radius 1 is 1.18 bits per heavy atom. The molecule has 6 nitrogen and oxygen atoms in total. The van der Waals surface area contributed by atoms with Gasteiger partial charge >= 0.3 is 11.9 Å².